The van der Waals surface area contributed by atoms with Gasteiger partial charge in [-0.3, -0.25) is 14.3 Å². The van der Waals surface area contributed by atoms with Crippen molar-refractivity contribution in [2.45, 2.75) is 54.0 Å². The maximum Gasteiger partial charge on any atom is 0.331 e. The number of fused-ring (bicyclic) bond motifs is 1. The Bertz CT molecular complexity index is 1410. The van der Waals surface area contributed by atoms with Crippen molar-refractivity contribution < 1.29 is 9.90 Å². The van der Waals surface area contributed by atoms with E-state index >= 15 is 0 Å². The molecule has 1 aliphatic heterocycles. The zero-order valence-corrected chi connectivity index (χ0v) is 22.6. The largest absolute Gasteiger partial charge is 0.478 e. The van der Waals surface area contributed by atoms with Gasteiger partial charge in [0.25, 0.3) is 5.56 Å². The average Bonchev–Trinajstić information content (AvgIpc) is 2.88. The molecule has 0 fully saturated rings. The Kier molecular flexibility index (Phi) is 8.81. The van der Waals surface area contributed by atoms with E-state index in [-0.39, 0.29) is 5.56 Å². The topological polar surface area (TPSA) is 88.3 Å². The minimum absolute atomic E-state index is 0.106. The van der Waals surface area contributed by atoms with Gasteiger partial charge in [0.1, 0.15) is 5.82 Å². The van der Waals surface area contributed by atoms with Gasteiger partial charge >= 0.3 is 5.97 Å². The second-order valence-corrected chi connectivity index (χ2v) is 9.55. The molecule has 0 aromatic carbocycles. The number of pyridine rings is 1. The summed E-state index contributed by atoms with van der Waals surface area (Å²) in [4.78, 5) is 34.7. The number of aliphatic carboxylic acids is 1. The van der Waals surface area contributed by atoms with E-state index in [2.05, 4.69) is 42.5 Å². The number of carboxylic acids is 1. The van der Waals surface area contributed by atoms with Crippen molar-refractivity contribution in [1.29, 1.82) is 0 Å². The van der Waals surface area contributed by atoms with Crippen LogP contribution in [-0.2, 0) is 24.8 Å². The Morgan fingerprint density at radius 3 is 2.57 bits per heavy atom. The van der Waals surface area contributed by atoms with Crippen LogP contribution in [0.25, 0.3) is 11.6 Å². The maximum atomic E-state index is 12.0. The highest BCUT2D eigenvalue weighted by Gasteiger charge is 2.20. The van der Waals surface area contributed by atoms with E-state index in [0.717, 1.165) is 58.6 Å². The third kappa shape index (κ3) is 6.61. The van der Waals surface area contributed by atoms with Gasteiger partial charge in [0.2, 0.25) is 0 Å². The van der Waals surface area contributed by atoms with Crippen LogP contribution in [0.2, 0.25) is 0 Å². The minimum atomic E-state index is -0.929. The number of carboxylic acid groups (broad SMARTS) is 1. The molecule has 0 saturated carbocycles. The van der Waals surface area contributed by atoms with Crippen LogP contribution in [0.15, 0.2) is 76.0 Å². The van der Waals surface area contributed by atoms with E-state index in [0.29, 0.717) is 17.9 Å². The van der Waals surface area contributed by atoms with Crippen LogP contribution >= 0.6 is 0 Å². The molecule has 2 aromatic heterocycles. The third-order valence-electron chi connectivity index (χ3n) is 6.77. The molecule has 0 radical (unpaired) electrons. The second kappa shape index (κ2) is 11.8. The number of rotatable bonds is 8. The summed E-state index contributed by atoms with van der Waals surface area (Å²) in [7, 11) is 1.70. The first kappa shape index (κ1) is 27.6. The standard InChI is InChI=1S/C30H36N4O3/c1-8-19(2)13-26(21(4)14-22(5)30(36)37)24-16-25-18-34(12-10-27(25)32-17-24)23(6)20(3)15-28-31-11-9-29(35)33(28)7/h9,11,13-17H,6,8,10,12,18H2,1-5,7H3,(H,36,37)/b19-13?,20-15-,22-14+,26-21+. The predicted molar refractivity (Wildman–Crippen MR) is 149 cm³/mol. The summed E-state index contributed by atoms with van der Waals surface area (Å²) in [5, 5.41) is 9.36. The van der Waals surface area contributed by atoms with E-state index in [1.807, 2.05) is 26.1 Å². The highest BCUT2D eigenvalue weighted by atomic mass is 16.4. The molecular formula is C30H36N4O3. The minimum Gasteiger partial charge on any atom is -0.478 e. The molecule has 1 aliphatic rings. The van der Waals surface area contributed by atoms with Crippen LogP contribution in [0.1, 0.15) is 63.7 Å². The maximum absolute atomic E-state index is 12.0. The van der Waals surface area contributed by atoms with E-state index in [1.165, 1.54) is 22.4 Å². The van der Waals surface area contributed by atoms with Gasteiger partial charge in [-0.05, 0) is 74.6 Å². The van der Waals surface area contributed by atoms with Crippen molar-refractivity contribution in [3.8, 4) is 0 Å². The second-order valence-electron chi connectivity index (χ2n) is 9.55. The molecule has 37 heavy (non-hydrogen) atoms. The van der Waals surface area contributed by atoms with E-state index < -0.39 is 5.97 Å². The van der Waals surface area contributed by atoms with Crippen molar-refractivity contribution >= 4 is 17.6 Å². The van der Waals surface area contributed by atoms with Crippen LogP contribution in [0.5, 0.6) is 0 Å². The fourth-order valence-electron chi connectivity index (χ4n) is 4.19. The van der Waals surface area contributed by atoms with Gasteiger partial charge in [0.05, 0.1) is 0 Å². The number of carbonyl (C=O) groups is 1. The van der Waals surface area contributed by atoms with Crippen LogP contribution in [0, 0.1) is 0 Å². The predicted octanol–water partition coefficient (Wildman–Crippen LogP) is 5.31. The number of hydrogen-bond donors (Lipinski definition) is 1. The molecule has 7 heteroatoms. The number of nitrogens with zero attached hydrogens (tertiary/aromatic N) is 4. The van der Waals surface area contributed by atoms with Gasteiger partial charge in [-0.25, -0.2) is 9.78 Å². The van der Waals surface area contributed by atoms with Crippen LogP contribution < -0.4 is 5.56 Å². The first-order chi connectivity index (χ1) is 17.5. The summed E-state index contributed by atoms with van der Waals surface area (Å²) in [5.41, 5.74) is 8.20. The molecule has 0 bridgehead atoms. The van der Waals surface area contributed by atoms with Crippen molar-refractivity contribution in [2.24, 2.45) is 7.05 Å². The molecule has 0 amide bonds. The third-order valence-corrected chi connectivity index (χ3v) is 6.77. The van der Waals surface area contributed by atoms with Gasteiger partial charge in [-0.15, -0.1) is 0 Å². The Morgan fingerprint density at radius 2 is 1.89 bits per heavy atom. The van der Waals surface area contributed by atoms with Crippen molar-refractivity contribution in [3.05, 3.63) is 104 Å². The van der Waals surface area contributed by atoms with Gasteiger partial charge in [0, 0.05) is 67.5 Å². The van der Waals surface area contributed by atoms with Crippen molar-refractivity contribution in [3.63, 3.8) is 0 Å². The van der Waals surface area contributed by atoms with Crippen molar-refractivity contribution in [1.82, 2.24) is 19.4 Å². The molecule has 3 rings (SSSR count). The zero-order chi connectivity index (χ0) is 27.3. The van der Waals surface area contributed by atoms with Crippen LogP contribution in [0.3, 0.4) is 0 Å². The summed E-state index contributed by atoms with van der Waals surface area (Å²) in [6.45, 7) is 15.5. The number of aromatic nitrogens is 3. The zero-order valence-electron chi connectivity index (χ0n) is 22.6. The summed E-state index contributed by atoms with van der Waals surface area (Å²) in [5.74, 6) is -0.345. The number of allylic oxidation sites excluding steroid dienone is 6. The Hall–Kier alpha value is -4.00. The summed E-state index contributed by atoms with van der Waals surface area (Å²) in [6, 6.07) is 3.60. The molecule has 0 unspecified atom stereocenters. The van der Waals surface area contributed by atoms with Gasteiger partial charge in [0.15, 0.2) is 0 Å². The van der Waals surface area contributed by atoms with E-state index in [1.54, 1.807) is 20.0 Å². The lowest BCUT2D eigenvalue weighted by atomic mass is 9.94. The number of hydrogen-bond acceptors (Lipinski definition) is 5. The smallest absolute Gasteiger partial charge is 0.331 e. The highest BCUT2D eigenvalue weighted by molar-refractivity contribution is 5.88. The monoisotopic (exact) mass is 500 g/mol. The molecule has 0 saturated heterocycles. The molecule has 0 aliphatic carbocycles. The fourth-order valence-corrected chi connectivity index (χ4v) is 4.19. The lowest BCUT2D eigenvalue weighted by molar-refractivity contribution is -0.132. The Labute approximate surface area is 218 Å². The van der Waals surface area contributed by atoms with Gasteiger partial charge in [-0.2, -0.15) is 0 Å². The van der Waals surface area contributed by atoms with Crippen molar-refractivity contribution in [2.75, 3.05) is 6.54 Å². The summed E-state index contributed by atoms with van der Waals surface area (Å²) >= 11 is 0. The highest BCUT2D eigenvalue weighted by Crippen LogP contribution is 2.29. The summed E-state index contributed by atoms with van der Waals surface area (Å²) in [6.07, 6.45) is 10.8. The average molecular weight is 501 g/mol. The SMILES string of the molecule is C=C(/C(C)=C\c1nccc(=O)n1C)N1CCc2ncc(/C(C=C(C)CC)=C(C)/C=C(\C)C(=O)O)cc2C1. The van der Waals surface area contributed by atoms with Gasteiger partial charge < -0.3 is 10.0 Å². The van der Waals surface area contributed by atoms with Gasteiger partial charge in [-0.1, -0.05) is 25.2 Å². The quantitative estimate of drug-likeness (QED) is 0.390. The molecule has 194 valence electrons. The van der Waals surface area contributed by atoms with Crippen LogP contribution in [-0.4, -0.2) is 37.1 Å². The molecule has 2 aromatic rings. The molecule has 0 spiro atoms. The Balaban J connectivity index is 1.95. The molecule has 7 nitrogen and oxygen atoms in total. The normalized spacial score (nSPS) is 15.3. The molecule has 0 atom stereocenters. The summed E-state index contributed by atoms with van der Waals surface area (Å²) < 4.78 is 1.51. The first-order valence-corrected chi connectivity index (χ1v) is 12.4. The van der Waals surface area contributed by atoms with E-state index in [9.17, 15) is 14.7 Å². The lowest BCUT2D eigenvalue weighted by Crippen LogP contribution is -2.30. The fraction of sp³-hybridized carbons (Fsp3) is 0.333. The molecule has 1 N–H and O–H groups in total. The lowest BCUT2D eigenvalue weighted by Gasteiger charge is -2.32. The van der Waals surface area contributed by atoms with Crippen LogP contribution in [0.4, 0.5) is 0 Å². The molecular weight excluding hydrogens is 464 g/mol. The Morgan fingerprint density at radius 1 is 1.16 bits per heavy atom. The molecule has 3 heterocycles. The first-order valence-electron chi connectivity index (χ1n) is 12.4. The van der Waals surface area contributed by atoms with E-state index in [4.69, 9.17) is 4.98 Å².